The lowest BCUT2D eigenvalue weighted by molar-refractivity contribution is 0.919. The minimum absolute atomic E-state index is 0.712. The Labute approximate surface area is 34.4 Å². The van der Waals surface area contributed by atoms with Crippen LogP contribution >= 0.6 is 9.39 Å². The van der Waals surface area contributed by atoms with E-state index in [9.17, 15) is 0 Å². The normalized spacial score (nSPS) is 8.40. The first kappa shape index (κ1) is 5.35. The molecule has 0 saturated heterocycles. The van der Waals surface area contributed by atoms with Crippen molar-refractivity contribution in [3.63, 3.8) is 0 Å². The fourth-order valence-electron chi connectivity index (χ4n) is 0.0833. The Morgan fingerprint density at radius 3 is 2.40 bits per heavy atom. The Hall–Kier alpha value is 0.350. The second-order valence-corrected chi connectivity index (χ2v) is 1.15. The Bertz CT molecular complexity index is 15.1. The van der Waals surface area contributed by atoms with Crippen molar-refractivity contribution in [2.24, 2.45) is 5.73 Å². The van der Waals surface area contributed by atoms with E-state index < -0.39 is 0 Å². The van der Waals surface area contributed by atoms with Crippen molar-refractivity contribution < 1.29 is 0 Å². The van der Waals surface area contributed by atoms with Crippen molar-refractivity contribution in [2.75, 3.05) is 13.1 Å². The van der Waals surface area contributed by atoms with Gasteiger partial charge in [-0.1, -0.05) is 9.39 Å². The molecule has 0 aromatic rings. The van der Waals surface area contributed by atoms with Crippen LogP contribution in [0.15, 0.2) is 0 Å². The second kappa shape index (κ2) is 4.35. The van der Waals surface area contributed by atoms with Gasteiger partial charge in [-0.15, -0.1) is 0 Å². The summed E-state index contributed by atoms with van der Waals surface area (Å²) >= 11 is 0. The van der Waals surface area contributed by atoms with Crippen molar-refractivity contribution in [2.45, 2.75) is 0 Å². The lowest BCUT2D eigenvalue weighted by Crippen LogP contribution is -2.12. The van der Waals surface area contributed by atoms with Crippen molar-refractivity contribution in [1.82, 2.24) is 5.09 Å². The highest BCUT2D eigenvalue weighted by Gasteiger charge is 1.64. The maximum atomic E-state index is 5.06. The highest BCUT2D eigenvalue weighted by Crippen LogP contribution is 1.59. The van der Waals surface area contributed by atoms with Gasteiger partial charge in [0.25, 0.3) is 0 Å². The van der Waals surface area contributed by atoms with E-state index in [1.807, 2.05) is 0 Å². The van der Waals surface area contributed by atoms with E-state index in [1.165, 1.54) is 0 Å². The van der Waals surface area contributed by atoms with Crippen LogP contribution in [0.5, 0.6) is 0 Å². The quantitative estimate of drug-likeness (QED) is 0.443. The summed E-state index contributed by atoms with van der Waals surface area (Å²) in [5, 5.41) is 2.81. The molecule has 0 rings (SSSR count). The van der Waals surface area contributed by atoms with E-state index in [2.05, 4.69) is 14.5 Å². The lowest BCUT2D eigenvalue weighted by Gasteiger charge is -1.84. The van der Waals surface area contributed by atoms with Gasteiger partial charge in [-0.25, -0.2) is 0 Å². The summed E-state index contributed by atoms with van der Waals surface area (Å²) in [5.41, 5.74) is 5.06. The molecule has 32 valence electrons. The molecular formula is C2H9N2P. The van der Waals surface area contributed by atoms with Crippen LogP contribution in [0.3, 0.4) is 0 Å². The minimum atomic E-state index is 0.712. The molecule has 3 heteroatoms. The van der Waals surface area contributed by atoms with Crippen molar-refractivity contribution >= 4 is 9.39 Å². The molecule has 0 spiro atoms. The molecule has 0 aliphatic heterocycles. The van der Waals surface area contributed by atoms with Crippen LogP contribution in [-0.4, -0.2) is 13.1 Å². The predicted octanol–water partition coefficient (Wildman–Crippen LogP) is -0.675. The molecule has 0 fully saturated rings. The van der Waals surface area contributed by atoms with E-state index in [-0.39, 0.29) is 0 Å². The highest BCUT2D eigenvalue weighted by atomic mass is 31.0. The van der Waals surface area contributed by atoms with E-state index in [1.54, 1.807) is 0 Å². The van der Waals surface area contributed by atoms with E-state index in [4.69, 9.17) is 5.73 Å². The van der Waals surface area contributed by atoms with Gasteiger partial charge in [0.1, 0.15) is 0 Å². The molecule has 0 aliphatic carbocycles. The Balaban J connectivity index is 2.19. The van der Waals surface area contributed by atoms with Gasteiger partial charge in [0.2, 0.25) is 0 Å². The second-order valence-electron chi connectivity index (χ2n) is 0.743. The molecule has 1 unspecified atom stereocenters. The fraction of sp³-hybridized carbons (Fsp3) is 1.00. The van der Waals surface area contributed by atoms with Crippen molar-refractivity contribution in [3.8, 4) is 0 Å². The number of hydrogen-bond donors (Lipinski definition) is 2. The van der Waals surface area contributed by atoms with Crippen LogP contribution in [0.1, 0.15) is 0 Å². The SMILES string of the molecule is NCCNP. The average molecular weight is 92.1 g/mol. The monoisotopic (exact) mass is 92.1 g/mol. The highest BCUT2D eigenvalue weighted by molar-refractivity contribution is 7.13. The molecule has 0 bridgehead atoms. The number of nitrogens with one attached hydrogen (secondary N) is 1. The summed E-state index contributed by atoms with van der Waals surface area (Å²) in [6.45, 7) is 1.59. The standard InChI is InChI=1S/C2H9N2P/c3-1-2-4-5/h4H,1-3,5H2. The van der Waals surface area contributed by atoms with Gasteiger partial charge in [0, 0.05) is 13.1 Å². The zero-order valence-electron chi connectivity index (χ0n) is 3.07. The van der Waals surface area contributed by atoms with Gasteiger partial charge >= 0.3 is 0 Å². The van der Waals surface area contributed by atoms with Crippen molar-refractivity contribution in [1.29, 1.82) is 0 Å². The zero-order valence-corrected chi connectivity index (χ0v) is 4.22. The molecule has 0 radical (unpaired) electrons. The molecule has 0 aliphatic rings. The number of nitrogens with two attached hydrogens (primary N) is 1. The third kappa shape index (κ3) is 4.35. The van der Waals surface area contributed by atoms with Gasteiger partial charge in [-0.3, -0.25) is 5.09 Å². The topological polar surface area (TPSA) is 38.0 Å². The molecule has 0 heterocycles. The number of rotatable bonds is 2. The first-order chi connectivity index (χ1) is 2.41. The third-order valence-electron chi connectivity index (χ3n) is 0.289. The molecule has 2 nitrogen and oxygen atoms in total. The van der Waals surface area contributed by atoms with Crippen LogP contribution in [-0.2, 0) is 0 Å². The van der Waals surface area contributed by atoms with Gasteiger partial charge in [0.05, 0.1) is 0 Å². The Morgan fingerprint density at radius 2 is 2.40 bits per heavy atom. The maximum absolute atomic E-state index is 5.06. The van der Waals surface area contributed by atoms with Crippen LogP contribution in [0.2, 0.25) is 0 Å². The molecule has 0 amide bonds. The molecule has 0 saturated carbocycles. The summed E-state index contributed by atoms with van der Waals surface area (Å²) < 4.78 is 0. The predicted molar refractivity (Wildman–Crippen MR) is 26.8 cm³/mol. The first-order valence-corrected chi connectivity index (χ1v) is 2.13. The largest absolute Gasteiger partial charge is 0.329 e. The van der Waals surface area contributed by atoms with E-state index >= 15 is 0 Å². The van der Waals surface area contributed by atoms with Gasteiger partial charge in [-0.2, -0.15) is 0 Å². The molecule has 0 aromatic carbocycles. The first-order valence-electron chi connectivity index (χ1n) is 1.55. The van der Waals surface area contributed by atoms with Crippen LogP contribution in [0.4, 0.5) is 0 Å². The summed E-state index contributed by atoms with van der Waals surface area (Å²) in [5.74, 6) is 0. The van der Waals surface area contributed by atoms with E-state index in [0.29, 0.717) is 6.54 Å². The van der Waals surface area contributed by atoms with Gasteiger partial charge in [-0.05, 0) is 0 Å². The smallest absolute Gasteiger partial charge is 0.0109 e. The molecule has 1 atom stereocenters. The molecule has 5 heavy (non-hydrogen) atoms. The summed E-state index contributed by atoms with van der Waals surface area (Å²) in [6.07, 6.45) is 0. The Kier molecular flexibility index (Phi) is 4.65. The minimum Gasteiger partial charge on any atom is -0.329 e. The van der Waals surface area contributed by atoms with Gasteiger partial charge in [0.15, 0.2) is 0 Å². The van der Waals surface area contributed by atoms with Crippen LogP contribution in [0, 0.1) is 0 Å². The van der Waals surface area contributed by atoms with Crippen LogP contribution in [0.25, 0.3) is 0 Å². The van der Waals surface area contributed by atoms with E-state index in [0.717, 1.165) is 6.54 Å². The third-order valence-corrected chi connectivity index (χ3v) is 0.577. The molecule has 0 aromatic heterocycles. The maximum Gasteiger partial charge on any atom is 0.0109 e. The van der Waals surface area contributed by atoms with Crippen LogP contribution < -0.4 is 10.8 Å². The fourth-order valence-corrected chi connectivity index (χ4v) is 0.250. The summed E-state index contributed by atoms with van der Waals surface area (Å²) in [4.78, 5) is 0. The molecular weight excluding hydrogens is 83.0 g/mol. The van der Waals surface area contributed by atoms with Crippen molar-refractivity contribution in [3.05, 3.63) is 0 Å². The lowest BCUT2D eigenvalue weighted by atomic mass is 10.7. The molecule has 3 N–H and O–H groups in total. The Morgan fingerprint density at radius 1 is 1.80 bits per heavy atom. The van der Waals surface area contributed by atoms with Gasteiger partial charge < -0.3 is 5.73 Å². The summed E-state index contributed by atoms with van der Waals surface area (Å²) in [7, 11) is 2.37. The number of hydrogen-bond acceptors (Lipinski definition) is 2. The summed E-state index contributed by atoms with van der Waals surface area (Å²) in [6, 6.07) is 0. The zero-order chi connectivity index (χ0) is 4.12. The average Bonchev–Trinajstić information content (AvgIpc) is 1.41.